The van der Waals surface area contributed by atoms with Gasteiger partial charge in [-0.1, -0.05) is 31.2 Å². The maximum atomic E-state index is 10.6. The zero-order chi connectivity index (χ0) is 15.2. The molecule has 0 saturated heterocycles. The SMILES string of the molecule is CCc1ccc(Oc2cc(/C=C/C(=O)O)ccc2C)cc1. The topological polar surface area (TPSA) is 46.5 Å². The Morgan fingerprint density at radius 2 is 1.90 bits per heavy atom. The van der Waals surface area contributed by atoms with Crippen molar-refractivity contribution in [3.05, 3.63) is 65.2 Å². The number of carbonyl (C=O) groups is 1. The highest BCUT2D eigenvalue weighted by atomic mass is 16.5. The molecule has 0 aliphatic rings. The number of aryl methyl sites for hydroxylation is 2. The first-order valence-electron chi connectivity index (χ1n) is 6.87. The van der Waals surface area contributed by atoms with Crippen LogP contribution in [-0.2, 0) is 11.2 Å². The molecule has 0 bridgehead atoms. The van der Waals surface area contributed by atoms with Crippen molar-refractivity contribution in [2.24, 2.45) is 0 Å². The minimum atomic E-state index is -0.965. The molecule has 0 atom stereocenters. The monoisotopic (exact) mass is 282 g/mol. The number of carboxylic acids is 1. The summed E-state index contributed by atoms with van der Waals surface area (Å²) in [6.07, 6.45) is 3.66. The summed E-state index contributed by atoms with van der Waals surface area (Å²) in [5.74, 6) is 0.537. The highest BCUT2D eigenvalue weighted by Gasteiger charge is 2.03. The first-order valence-corrected chi connectivity index (χ1v) is 6.87. The van der Waals surface area contributed by atoms with Gasteiger partial charge in [0.05, 0.1) is 0 Å². The summed E-state index contributed by atoms with van der Waals surface area (Å²) in [5, 5.41) is 8.67. The third-order valence-electron chi connectivity index (χ3n) is 3.19. The van der Waals surface area contributed by atoms with Crippen LogP contribution in [0.4, 0.5) is 0 Å². The molecule has 0 aliphatic heterocycles. The van der Waals surface area contributed by atoms with Crippen LogP contribution in [0.1, 0.15) is 23.6 Å². The van der Waals surface area contributed by atoms with Crippen LogP contribution in [-0.4, -0.2) is 11.1 Å². The Morgan fingerprint density at radius 3 is 2.52 bits per heavy atom. The fraction of sp³-hybridized carbons (Fsp3) is 0.167. The molecule has 0 unspecified atom stereocenters. The Balaban J connectivity index is 2.21. The zero-order valence-corrected chi connectivity index (χ0v) is 12.2. The van der Waals surface area contributed by atoms with Crippen LogP contribution in [0.2, 0.25) is 0 Å². The van der Waals surface area contributed by atoms with Crippen molar-refractivity contribution in [1.82, 2.24) is 0 Å². The molecule has 3 nitrogen and oxygen atoms in total. The molecule has 2 aromatic carbocycles. The standard InChI is InChI=1S/C18H18O3/c1-3-14-6-9-16(10-7-14)21-17-12-15(5-4-13(17)2)8-11-18(19)20/h4-12H,3H2,1-2H3,(H,19,20)/b11-8+. The van der Waals surface area contributed by atoms with Gasteiger partial charge >= 0.3 is 5.97 Å². The lowest BCUT2D eigenvalue weighted by Gasteiger charge is -2.10. The number of ether oxygens (including phenoxy) is 1. The third kappa shape index (κ3) is 4.21. The van der Waals surface area contributed by atoms with Gasteiger partial charge in [-0.05, 0) is 54.3 Å². The second-order valence-electron chi connectivity index (χ2n) is 4.80. The molecular formula is C18H18O3. The van der Waals surface area contributed by atoms with Crippen molar-refractivity contribution < 1.29 is 14.6 Å². The largest absolute Gasteiger partial charge is 0.478 e. The molecule has 2 rings (SSSR count). The lowest BCUT2D eigenvalue weighted by atomic mass is 10.1. The Morgan fingerprint density at radius 1 is 1.19 bits per heavy atom. The maximum absolute atomic E-state index is 10.6. The van der Waals surface area contributed by atoms with E-state index in [9.17, 15) is 4.79 Å². The van der Waals surface area contributed by atoms with Crippen LogP contribution >= 0.6 is 0 Å². The summed E-state index contributed by atoms with van der Waals surface area (Å²) in [4.78, 5) is 10.6. The van der Waals surface area contributed by atoms with Crippen LogP contribution in [0, 0.1) is 6.92 Å². The van der Waals surface area contributed by atoms with Crippen LogP contribution in [0.5, 0.6) is 11.5 Å². The first-order chi connectivity index (χ1) is 10.1. The quantitative estimate of drug-likeness (QED) is 0.824. The Bertz CT molecular complexity index is 655. The predicted octanol–water partition coefficient (Wildman–Crippen LogP) is 4.45. The number of hydrogen-bond donors (Lipinski definition) is 1. The van der Waals surface area contributed by atoms with E-state index in [2.05, 4.69) is 6.92 Å². The van der Waals surface area contributed by atoms with Gasteiger partial charge < -0.3 is 9.84 Å². The molecule has 21 heavy (non-hydrogen) atoms. The number of rotatable bonds is 5. The van der Waals surface area contributed by atoms with Gasteiger partial charge in [0.25, 0.3) is 0 Å². The van der Waals surface area contributed by atoms with Gasteiger partial charge in [0.1, 0.15) is 11.5 Å². The molecule has 1 N–H and O–H groups in total. The number of benzene rings is 2. The van der Waals surface area contributed by atoms with Crippen molar-refractivity contribution >= 4 is 12.0 Å². The molecule has 0 radical (unpaired) electrons. The summed E-state index contributed by atoms with van der Waals surface area (Å²) < 4.78 is 5.87. The normalized spacial score (nSPS) is 10.8. The van der Waals surface area contributed by atoms with E-state index in [0.29, 0.717) is 0 Å². The minimum Gasteiger partial charge on any atom is -0.478 e. The molecule has 108 valence electrons. The highest BCUT2D eigenvalue weighted by molar-refractivity contribution is 5.85. The van der Waals surface area contributed by atoms with E-state index in [1.807, 2.05) is 49.4 Å². The van der Waals surface area contributed by atoms with Crippen molar-refractivity contribution in [3.63, 3.8) is 0 Å². The molecule has 2 aromatic rings. The van der Waals surface area contributed by atoms with Crippen molar-refractivity contribution in [2.75, 3.05) is 0 Å². The predicted molar refractivity (Wildman–Crippen MR) is 83.7 cm³/mol. The fourth-order valence-corrected chi connectivity index (χ4v) is 1.92. The third-order valence-corrected chi connectivity index (χ3v) is 3.19. The number of hydrogen-bond acceptors (Lipinski definition) is 2. The molecule has 0 aromatic heterocycles. The van der Waals surface area contributed by atoms with Crippen molar-refractivity contribution in [1.29, 1.82) is 0 Å². The molecule has 0 saturated carbocycles. The molecule has 0 fully saturated rings. The van der Waals surface area contributed by atoms with E-state index in [1.54, 1.807) is 6.08 Å². The van der Waals surface area contributed by atoms with E-state index in [4.69, 9.17) is 9.84 Å². The summed E-state index contributed by atoms with van der Waals surface area (Å²) in [6.45, 7) is 4.07. The van der Waals surface area contributed by atoms with Crippen LogP contribution in [0.3, 0.4) is 0 Å². The van der Waals surface area contributed by atoms with E-state index in [-0.39, 0.29) is 0 Å². The van der Waals surface area contributed by atoms with Gasteiger partial charge in [0, 0.05) is 6.08 Å². The van der Waals surface area contributed by atoms with Crippen molar-refractivity contribution in [3.8, 4) is 11.5 Å². The van der Waals surface area contributed by atoms with E-state index >= 15 is 0 Å². The van der Waals surface area contributed by atoms with E-state index in [1.165, 1.54) is 5.56 Å². The van der Waals surface area contributed by atoms with E-state index in [0.717, 1.165) is 35.1 Å². The maximum Gasteiger partial charge on any atom is 0.328 e. The highest BCUT2D eigenvalue weighted by Crippen LogP contribution is 2.27. The van der Waals surface area contributed by atoms with Gasteiger partial charge in [-0.25, -0.2) is 4.79 Å². The fourth-order valence-electron chi connectivity index (χ4n) is 1.92. The summed E-state index contributed by atoms with van der Waals surface area (Å²) >= 11 is 0. The minimum absolute atomic E-state index is 0.729. The van der Waals surface area contributed by atoms with Crippen LogP contribution < -0.4 is 4.74 Å². The van der Waals surface area contributed by atoms with Gasteiger partial charge in [0.15, 0.2) is 0 Å². The Kier molecular flexibility index (Phi) is 4.77. The summed E-state index contributed by atoms with van der Waals surface area (Å²) in [5.41, 5.74) is 3.06. The van der Waals surface area contributed by atoms with Gasteiger partial charge in [-0.15, -0.1) is 0 Å². The Hall–Kier alpha value is -2.55. The Labute approximate surface area is 124 Å². The average Bonchev–Trinajstić information content (AvgIpc) is 2.48. The van der Waals surface area contributed by atoms with E-state index < -0.39 is 5.97 Å². The first kappa shape index (κ1) is 14.9. The molecule has 0 heterocycles. The average molecular weight is 282 g/mol. The van der Waals surface area contributed by atoms with Gasteiger partial charge in [0.2, 0.25) is 0 Å². The van der Waals surface area contributed by atoms with Crippen LogP contribution in [0.15, 0.2) is 48.5 Å². The lowest BCUT2D eigenvalue weighted by molar-refractivity contribution is -0.131. The smallest absolute Gasteiger partial charge is 0.328 e. The molecule has 0 aliphatic carbocycles. The molecular weight excluding hydrogens is 264 g/mol. The van der Waals surface area contributed by atoms with Gasteiger partial charge in [-0.3, -0.25) is 0 Å². The number of aliphatic carboxylic acids is 1. The molecule has 3 heteroatoms. The van der Waals surface area contributed by atoms with Crippen LogP contribution in [0.25, 0.3) is 6.08 Å². The second kappa shape index (κ2) is 6.75. The summed E-state index contributed by atoms with van der Waals surface area (Å²) in [7, 11) is 0. The van der Waals surface area contributed by atoms with Crippen molar-refractivity contribution in [2.45, 2.75) is 20.3 Å². The van der Waals surface area contributed by atoms with Gasteiger partial charge in [-0.2, -0.15) is 0 Å². The molecule has 0 spiro atoms. The zero-order valence-electron chi connectivity index (χ0n) is 12.2. The summed E-state index contributed by atoms with van der Waals surface area (Å²) in [6, 6.07) is 13.6. The lowest BCUT2D eigenvalue weighted by Crippen LogP contribution is -1.90. The number of carboxylic acid groups (broad SMARTS) is 1. The molecule has 0 amide bonds. The second-order valence-corrected chi connectivity index (χ2v) is 4.80.